The van der Waals surface area contributed by atoms with Crippen molar-refractivity contribution in [1.29, 1.82) is 0 Å². The van der Waals surface area contributed by atoms with Gasteiger partial charge in [-0.1, -0.05) is 6.92 Å². The number of nitro groups is 1. The van der Waals surface area contributed by atoms with Gasteiger partial charge in [-0.25, -0.2) is 0 Å². The van der Waals surface area contributed by atoms with Gasteiger partial charge in [-0.2, -0.15) is 0 Å². The molecule has 0 radical (unpaired) electrons. The van der Waals surface area contributed by atoms with Crippen molar-refractivity contribution in [3.63, 3.8) is 0 Å². The highest BCUT2D eigenvalue weighted by atomic mass is 16.6. The van der Waals surface area contributed by atoms with Crippen LogP contribution in [0.1, 0.15) is 65.7 Å². The summed E-state index contributed by atoms with van der Waals surface area (Å²) in [5.41, 5.74) is 1.68. The van der Waals surface area contributed by atoms with Gasteiger partial charge in [-0.05, 0) is 39.2 Å². The third-order valence-electron chi connectivity index (χ3n) is 5.64. The van der Waals surface area contributed by atoms with Crippen LogP contribution in [0, 0.1) is 41.7 Å². The maximum Gasteiger partial charge on any atom is 0.307 e. The number of aromatic amines is 1. The van der Waals surface area contributed by atoms with Gasteiger partial charge in [-0.3, -0.25) is 29.3 Å². The van der Waals surface area contributed by atoms with Gasteiger partial charge >= 0.3 is 5.97 Å². The Morgan fingerprint density at radius 2 is 1.93 bits per heavy atom. The van der Waals surface area contributed by atoms with E-state index in [4.69, 9.17) is 4.74 Å². The maximum absolute atomic E-state index is 12.7. The molecule has 29 heavy (non-hydrogen) atoms. The Morgan fingerprint density at radius 3 is 2.45 bits per heavy atom. The topological polar surface area (TPSA) is 136 Å². The first-order valence-electron chi connectivity index (χ1n) is 9.52. The molecule has 1 fully saturated rings. The lowest BCUT2D eigenvalue weighted by Gasteiger charge is -2.18. The van der Waals surface area contributed by atoms with Crippen LogP contribution in [0.3, 0.4) is 0 Å². The molecule has 9 heteroatoms. The molecule has 1 saturated carbocycles. The van der Waals surface area contributed by atoms with Crippen LogP contribution in [-0.2, 0) is 14.3 Å². The monoisotopic (exact) mass is 406 g/mol. The first-order chi connectivity index (χ1) is 13.4. The number of carbonyl (C=O) groups is 4. The number of hydrogen-bond acceptors (Lipinski definition) is 7. The van der Waals surface area contributed by atoms with E-state index in [9.17, 15) is 29.3 Å². The molecule has 1 N–H and O–H groups in total. The summed E-state index contributed by atoms with van der Waals surface area (Å²) in [7, 11) is 0. The third-order valence-corrected chi connectivity index (χ3v) is 5.64. The van der Waals surface area contributed by atoms with E-state index in [1.807, 2.05) is 0 Å². The van der Waals surface area contributed by atoms with Crippen LogP contribution in [0.4, 0.5) is 0 Å². The Hall–Kier alpha value is -2.84. The Bertz CT molecular complexity index is 870. The highest BCUT2D eigenvalue weighted by molar-refractivity contribution is 6.05. The second-order valence-electron chi connectivity index (χ2n) is 7.82. The highest BCUT2D eigenvalue weighted by Gasteiger charge is 2.44. The molecule has 0 spiro atoms. The minimum atomic E-state index is -1.12. The number of nitrogens with zero attached hydrogens (tertiary/aromatic N) is 1. The molecule has 1 aliphatic carbocycles. The standard InChI is InChI=1S/C20H26N2O7/c1-9-6-16(24)14(15(9)8-22(27)28)7-17(25)29-13(5)20(26)19-10(2)18(12(4)23)11(3)21-19/h9,13-15,21H,6-8H2,1-5H3/t9-,13+,14-,15-/m1/s1. The smallest absolute Gasteiger partial charge is 0.307 e. The first kappa shape index (κ1) is 22.4. The van der Waals surface area contributed by atoms with Crippen molar-refractivity contribution in [3.8, 4) is 0 Å². The average molecular weight is 406 g/mol. The van der Waals surface area contributed by atoms with E-state index in [0.29, 0.717) is 16.8 Å². The van der Waals surface area contributed by atoms with Gasteiger partial charge in [0, 0.05) is 34.4 Å². The number of rotatable bonds is 8. The number of aromatic nitrogens is 1. The lowest BCUT2D eigenvalue weighted by atomic mass is 9.88. The van der Waals surface area contributed by atoms with E-state index in [0.717, 1.165) is 0 Å². The fourth-order valence-electron chi connectivity index (χ4n) is 4.21. The van der Waals surface area contributed by atoms with Crippen LogP contribution in [0.2, 0.25) is 0 Å². The Morgan fingerprint density at radius 1 is 1.31 bits per heavy atom. The van der Waals surface area contributed by atoms with Crippen molar-refractivity contribution >= 4 is 23.3 Å². The zero-order valence-electron chi connectivity index (χ0n) is 17.2. The predicted octanol–water partition coefficient (Wildman–Crippen LogP) is 2.46. The molecule has 0 amide bonds. The number of hydrogen-bond donors (Lipinski definition) is 1. The van der Waals surface area contributed by atoms with Crippen LogP contribution in [0.25, 0.3) is 0 Å². The fourth-order valence-corrected chi connectivity index (χ4v) is 4.21. The summed E-state index contributed by atoms with van der Waals surface area (Å²) in [5, 5.41) is 10.9. The Labute approximate surface area is 168 Å². The highest BCUT2D eigenvalue weighted by Crippen LogP contribution is 2.36. The maximum atomic E-state index is 12.7. The molecule has 1 aliphatic rings. The van der Waals surface area contributed by atoms with Crippen molar-refractivity contribution < 1.29 is 28.8 Å². The fraction of sp³-hybridized carbons (Fsp3) is 0.600. The molecule has 0 bridgehead atoms. The van der Waals surface area contributed by atoms with Gasteiger partial charge in [0.25, 0.3) is 0 Å². The van der Waals surface area contributed by atoms with Crippen molar-refractivity contribution in [2.75, 3.05) is 6.54 Å². The number of carbonyl (C=O) groups excluding carboxylic acids is 4. The summed E-state index contributed by atoms with van der Waals surface area (Å²) in [6.07, 6.45) is -1.22. The summed E-state index contributed by atoms with van der Waals surface area (Å²) in [4.78, 5) is 62.2. The van der Waals surface area contributed by atoms with Gasteiger partial charge in [0.1, 0.15) is 5.78 Å². The van der Waals surface area contributed by atoms with Crippen molar-refractivity contribution in [3.05, 3.63) is 32.6 Å². The molecule has 9 nitrogen and oxygen atoms in total. The van der Waals surface area contributed by atoms with Gasteiger partial charge in [0.15, 0.2) is 11.9 Å². The second-order valence-corrected chi connectivity index (χ2v) is 7.82. The molecule has 0 aromatic carbocycles. The van der Waals surface area contributed by atoms with Gasteiger partial charge < -0.3 is 9.72 Å². The molecular weight excluding hydrogens is 380 g/mol. The lowest BCUT2D eigenvalue weighted by molar-refractivity contribution is -0.490. The molecule has 0 unspecified atom stereocenters. The number of esters is 1. The number of H-pyrrole nitrogens is 1. The molecule has 4 atom stereocenters. The zero-order valence-corrected chi connectivity index (χ0v) is 17.2. The van der Waals surface area contributed by atoms with E-state index in [2.05, 4.69) is 4.98 Å². The van der Waals surface area contributed by atoms with E-state index in [-0.39, 0.29) is 42.6 Å². The minimum absolute atomic E-state index is 0.175. The molecule has 0 aliphatic heterocycles. The summed E-state index contributed by atoms with van der Waals surface area (Å²) in [6.45, 7) is 7.52. The number of ketones is 3. The van der Waals surface area contributed by atoms with E-state index < -0.39 is 34.6 Å². The largest absolute Gasteiger partial charge is 0.454 e. The van der Waals surface area contributed by atoms with Gasteiger partial charge in [0.2, 0.25) is 12.3 Å². The minimum Gasteiger partial charge on any atom is -0.454 e. The number of Topliss-reactive ketones (excluding diaryl/α,β-unsaturated/α-hetero) is 3. The molecular formula is C20H26N2O7. The Balaban J connectivity index is 2.08. The molecule has 0 saturated heterocycles. The van der Waals surface area contributed by atoms with Crippen LogP contribution in [0.15, 0.2) is 0 Å². The lowest BCUT2D eigenvalue weighted by Crippen LogP contribution is -2.30. The Kier molecular flexibility index (Phi) is 6.71. The van der Waals surface area contributed by atoms with Crippen molar-refractivity contribution in [2.24, 2.45) is 17.8 Å². The summed E-state index contributed by atoms with van der Waals surface area (Å²) >= 11 is 0. The quantitative estimate of drug-likeness (QED) is 0.303. The normalized spacial score (nSPS) is 22.4. The van der Waals surface area contributed by atoms with Crippen molar-refractivity contribution in [2.45, 2.75) is 53.6 Å². The molecule has 2 rings (SSSR count). The average Bonchev–Trinajstić information content (AvgIpc) is 3.03. The van der Waals surface area contributed by atoms with Crippen LogP contribution in [-0.4, -0.2) is 45.9 Å². The number of aryl methyl sites for hydroxylation is 1. The van der Waals surface area contributed by atoms with Gasteiger partial charge in [0.05, 0.1) is 12.1 Å². The summed E-state index contributed by atoms with van der Waals surface area (Å²) < 4.78 is 5.21. The molecule has 1 heterocycles. The molecule has 1 aromatic rings. The van der Waals surface area contributed by atoms with E-state index in [1.54, 1.807) is 20.8 Å². The zero-order chi connectivity index (χ0) is 22.0. The molecule has 158 valence electrons. The summed E-state index contributed by atoms with van der Waals surface area (Å²) in [5.74, 6) is -3.09. The van der Waals surface area contributed by atoms with Crippen LogP contribution >= 0.6 is 0 Å². The van der Waals surface area contributed by atoms with Crippen LogP contribution < -0.4 is 0 Å². The number of nitrogens with one attached hydrogen (secondary N) is 1. The van der Waals surface area contributed by atoms with Gasteiger partial charge in [-0.15, -0.1) is 0 Å². The van der Waals surface area contributed by atoms with E-state index in [1.165, 1.54) is 13.8 Å². The SMILES string of the molecule is CC(=O)c1c(C)[nH]c(C(=O)[C@H](C)OC(=O)C[C@H]2C(=O)C[C@@H](C)[C@H]2C[N+](=O)[O-])c1C. The summed E-state index contributed by atoms with van der Waals surface area (Å²) in [6, 6.07) is 0. The van der Waals surface area contributed by atoms with Crippen LogP contribution in [0.5, 0.6) is 0 Å². The number of ether oxygens (including phenoxy) is 1. The van der Waals surface area contributed by atoms with E-state index >= 15 is 0 Å². The first-order valence-corrected chi connectivity index (χ1v) is 9.52. The molecule has 1 aromatic heterocycles. The second kappa shape index (κ2) is 8.67. The third kappa shape index (κ3) is 4.78. The van der Waals surface area contributed by atoms with Crippen molar-refractivity contribution in [1.82, 2.24) is 4.98 Å². The predicted molar refractivity (Wildman–Crippen MR) is 102 cm³/mol.